The normalized spacial score (nSPS) is 11.8. The SMILES string of the molecule is CCN(C(=O)Cn1c(C(C)NC(=O)CCc2ccccc2)nc2ccccc21)c1ccccc1. The summed E-state index contributed by atoms with van der Waals surface area (Å²) >= 11 is 0. The van der Waals surface area contributed by atoms with Crippen LogP contribution < -0.4 is 10.2 Å². The second-order valence-electron chi connectivity index (χ2n) is 8.29. The lowest BCUT2D eigenvalue weighted by molar-refractivity contribution is -0.121. The van der Waals surface area contributed by atoms with Crippen molar-refractivity contribution in [3.05, 3.63) is 96.3 Å². The fraction of sp³-hybridized carbons (Fsp3) is 0.250. The molecule has 34 heavy (non-hydrogen) atoms. The van der Waals surface area contributed by atoms with Gasteiger partial charge in [0.1, 0.15) is 12.4 Å². The van der Waals surface area contributed by atoms with Gasteiger partial charge in [-0.2, -0.15) is 0 Å². The molecule has 0 fully saturated rings. The van der Waals surface area contributed by atoms with Crippen molar-refractivity contribution in [3.63, 3.8) is 0 Å². The first kappa shape index (κ1) is 23.2. The Morgan fingerprint density at radius 3 is 2.29 bits per heavy atom. The monoisotopic (exact) mass is 454 g/mol. The average molecular weight is 455 g/mol. The van der Waals surface area contributed by atoms with E-state index in [9.17, 15) is 9.59 Å². The number of aromatic nitrogens is 2. The summed E-state index contributed by atoms with van der Waals surface area (Å²) in [6.07, 6.45) is 1.07. The van der Waals surface area contributed by atoms with Gasteiger partial charge in [0.2, 0.25) is 11.8 Å². The van der Waals surface area contributed by atoms with E-state index in [1.165, 1.54) is 0 Å². The summed E-state index contributed by atoms with van der Waals surface area (Å²) in [6, 6.07) is 27.0. The molecule has 0 spiro atoms. The van der Waals surface area contributed by atoms with Crippen LogP contribution in [-0.2, 0) is 22.6 Å². The third-order valence-electron chi connectivity index (χ3n) is 5.91. The van der Waals surface area contributed by atoms with Gasteiger partial charge in [0.05, 0.1) is 17.1 Å². The van der Waals surface area contributed by atoms with E-state index in [0.717, 1.165) is 22.3 Å². The van der Waals surface area contributed by atoms with Gasteiger partial charge in [0, 0.05) is 18.7 Å². The molecule has 1 atom stereocenters. The van der Waals surface area contributed by atoms with E-state index in [1.807, 2.05) is 103 Å². The van der Waals surface area contributed by atoms with E-state index in [-0.39, 0.29) is 24.4 Å². The lowest BCUT2D eigenvalue weighted by Crippen LogP contribution is -2.35. The Labute approximate surface area is 200 Å². The highest BCUT2D eigenvalue weighted by atomic mass is 16.2. The van der Waals surface area contributed by atoms with Gasteiger partial charge in [-0.3, -0.25) is 9.59 Å². The van der Waals surface area contributed by atoms with E-state index in [0.29, 0.717) is 25.2 Å². The number of carbonyl (C=O) groups excluding carboxylic acids is 2. The lowest BCUT2D eigenvalue weighted by Gasteiger charge is -2.23. The van der Waals surface area contributed by atoms with E-state index in [2.05, 4.69) is 5.32 Å². The molecule has 0 saturated heterocycles. The van der Waals surface area contributed by atoms with Crippen molar-refractivity contribution in [2.24, 2.45) is 0 Å². The lowest BCUT2D eigenvalue weighted by atomic mass is 10.1. The zero-order valence-corrected chi connectivity index (χ0v) is 19.6. The first-order valence-electron chi connectivity index (χ1n) is 11.7. The van der Waals surface area contributed by atoms with Crippen LogP contribution in [0.5, 0.6) is 0 Å². The molecule has 4 rings (SSSR count). The van der Waals surface area contributed by atoms with Crippen LogP contribution >= 0.6 is 0 Å². The number of likely N-dealkylation sites (N-methyl/N-ethyl adjacent to an activating group) is 1. The maximum absolute atomic E-state index is 13.3. The maximum Gasteiger partial charge on any atom is 0.246 e. The first-order valence-corrected chi connectivity index (χ1v) is 11.7. The Bertz CT molecular complexity index is 1250. The van der Waals surface area contributed by atoms with Gasteiger partial charge in [-0.15, -0.1) is 0 Å². The van der Waals surface area contributed by atoms with Gasteiger partial charge in [-0.25, -0.2) is 4.98 Å². The van der Waals surface area contributed by atoms with Crippen LogP contribution in [0.1, 0.15) is 37.7 Å². The average Bonchev–Trinajstić information content (AvgIpc) is 3.23. The summed E-state index contributed by atoms with van der Waals surface area (Å²) in [4.78, 5) is 32.5. The van der Waals surface area contributed by atoms with Gasteiger partial charge in [0.15, 0.2) is 0 Å². The predicted molar refractivity (Wildman–Crippen MR) is 136 cm³/mol. The highest BCUT2D eigenvalue weighted by molar-refractivity contribution is 5.94. The Kier molecular flexibility index (Phi) is 7.38. The molecule has 1 N–H and O–H groups in total. The van der Waals surface area contributed by atoms with Gasteiger partial charge in [-0.05, 0) is 50.1 Å². The second kappa shape index (κ2) is 10.8. The van der Waals surface area contributed by atoms with Crippen molar-refractivity contribution in [2.45, 2.75) is 39.3 Å². The van der Waals surface area contributed by atoms with Crippen LogP contribution in [0.2, 0.25) is 0 Å². The minimum atomic E-state index is -0.338. The number of carbonyl (C=O) groups is 2. The number of rotatable bonds is 9. The molecule has 6 nitrogen and oxygen atoms in total. The van der Waals surface area contributed by atoms with Gasteiger partial charge in [-0.1, -0.05) is 60.7 Å². The summed E-state index contributed by atoms with van der Waals surface area (Å²) in [5.74, 6) is 0.605. The molecule has 0 saturated carbocycles. The molecule has 0 aliphatic heterocycles. The number of para-hydroxylation sites is 3. The molecule has 0 aliphatic rings. The molecule has 0 bridgehead atoms. The number of anilines is 1. The summed E-state index contributed by atoms with van der Waals surface area (Å²) in [7, 11) is 0. The van der Waals surface area contributed by atoms with Gasteiger partial charge < -0.3 is 14.8 Å². The third-order valence-corrected chi connectivity index (χ3v) is 5.91. The molecular formula is C28H30N4O2. The molecule has 3 aromatic carbocycles. The van der Waals surface area contributed by atoms with E-state index < -0.39 is 0 Å². The molecule has 1 unspecified atom stereocenters. The molecule has 0 radical (unpaired) electrons. The first-order chi connectivity index (χ1) is 16.6. The van der Waals surface area contributed by atoms with E-state index >= 15 is 0 Å². The number of nitrogens with one attached hydrogen (secondary N) is 1. The Morgan fingerprint density at radius 2 is 1.59 bits per heavy atom. The van der Waals surface area contributed by atoms with Crippen LogP contribution in [0.15, 0.2) is 84.9 Å². The molecule has 4 aromatic rings. The van der Waals surface area contributed by atoms with Crippen molar-refractivity contribution >= 4 is 28.5 Å². The summed E-state index contributed by atoms with van der Waals surface area (Å²) in [5.41, 5.74) is 3.67. The van der Waals surface area contributed by atoms with E-state index in [1.54, 1.807) is 4.90 Å². The third kappa shape index (κ3) is 5.34. The van der Waals surface area contributed by atoms with Crippen LogP contribution in [0.25, 0.3) is 11.0 Å². The standard InChI is InChI=1S/C28H30N4O2/c1-3-31(23-14-8-5-9-15-23)27(34)20-32-25-17-11-10-16-24(25)30-28(32)21(2)29-26(33)19-18-22-12-6-4-7-13-22/h4-17,21H,3,18-20H2,1-2H3,(H,29,33). The largest absolute Gasteiger partial charge is 0.346 e. The van der Waals surface area contributed by atoms with Crippen LogP contribution in [0.3, 0.4) is 0 Å². The smallest absolute Gasteiger partial charge is 0.246 e. The number of fused-ring (bicyclic) bond motifs is 1. The predicted octanol–water partition coefficient (Wildman–Crippen LogP) is 4.90. The molecule has 1 heterocycles. The van der Waals surface area contributed by atoms with Gasteiger partial charge in [0.25, 0.3) is 0 Å². The topological polar surface area (TPSA) is 67.2 Å². The number of aryl methyl sites for hydroxylation is 1. The van der Waals surface area contributed by atoms with Gasteiger partial charge >= 0.3 is 0 Å². The molecule has 174 valence electrons. The number of benzene rings is 3. The van der Waals surface area contributed by atoms with Crippen molar-refractivity contribution in [2.75, 3.05) is 11.4 Å². The van der Waals surface area contributed by atoms with Crippen molar-refractivity contribution in [1.82, 2.24) is 14.9 Å². The quantitative estimate of drug-likeness (QED) is 0.391. The molecule has 6 heteroatoms. The summed E-state index contributed by atoms with van der Waals surface area (Å²) < 4.78 is 1.92. The Balaban J connectivity index is 1.53. The van der Waals surface area contributed by atoms with Crippen molar-refractivity contribution in [3.8, 4) is 0 Å². The number of imidazole rings is 1. The maximum atomic E-state index is 13.3. The molecule has 1 aromatic heterocycles. The highest BCUT2D eigenvalue weighted by Gasteiger charge is 2.22. The number of amides is 2. The number of hydrogen-bond acceptors (Lipinski definition) is 3. The fourth-order valence-electron chi connectivity index (χ4n) is 4.20. The van der Waals surface area contributed by atoms with Crippen LogP contribution in [0, 0.1) is 0 Å². The fourth-order valence-corrected chi connectivity index (χ4v) is 4.20. The van der Waals surface area contributed by atoms with E-state index in [4.69, 9.17) is 4.98 Å². The van der Waals surface area contributed by atoms with Crippen LogP contribution in [0.4, 0.5) is 5.69 Å². The van der Waals surface area contributed by atoms with Crippen molar-refractivity contribution in [1.29, 1.82) is 0 Å². The number of nitrogens with zero attached hydrogens (tertiary/aromatic N) is 3. The molecular weight excluding hydrogens is 424 g/mol. The molecule has 2 amide bonds. The minimum Gasteiger partial charge on any atom is -0.346 e. The Hall–Kier alpha value is -3.93. The Morgan fingerprint density at radius 1 is 0.941 bits per heavy atom. The minimum absolute atomic E-state index is 0.0271. The van der Waals surface area contributed by atoms with Crippen LogP contribution in [-0.4, -0.2) is 27.9 Å². The zero-order chi connectivity index (χ0) is 23.9. The summed E-state index contributed by atoms with van der Waals surface area (Å²) in [6.45, 7) is 4.59. The highest BCUT2D eigenvalue weighted by Crippen LogP contribution is 2.22. The number of hydrogen-bond donors (Lipinski definition) is 1. The molecule has 0 aliphatic carbocycles. The van der Waals surface area contributed by atoms with Crippen molar-refractivity contribution < 1.29 is 9.59 Å². The summed E-state index contributed by atoms with van der Waals surface area (Å²) in [5, 5.41) is 3.07. The second-order valence-corrected chi connectivity index (χ2v) is 8.29. The zero-order valence-electron chi connectivity index (χ0n) is 19.6.